The van der Waals surface area contributed by atoms with E-state index in [0.29, 0.717) is 12.0 Å². The maximum atomic E-state index is 11.6. The SMILES string of the molecule is NC(=O)NN(C(=O)NCC=O)c1ccccc1. The fraction of sp³-hybridized carbons (Fsp3) is 0.100. The Morgan fingerprint density at radius 3 is 2.47 bits per heavy atom. The van der Waals surface area contributed by atoms with Crippen molar-refractivity contribution in [2.24, 2.45) is 5.73 Å². The number of benzene rings is 1. The molecule has 0 radical (unpaired) electrons. The molecule has 0 spiro atoms. The van der Waals surface area contributed by atoms with Crippen LogP contribution in [0.3, 0.4) is 0 Å². The third kappa shape index (κ3) is 3.82. The first kappa shape index (κ1) is 12.5. The number of para-hydroxylation sites is 1. The number of aldehydes is 1. The molecule has 0 unspecified atom stereocenters. The fourth-order valence-electron chi connectivity index (χ4n) is 1.13. The molecule has 1 aromatic carbocycles. The molecule has 1 rings (SSSR count). The Kier molecular flexibility index (Phi) is 4.49. The van der Waals surface area contributed by atoms with Gasteiger partial charge in [0.2, 0.25) is 0 Å². The smallest absolute Gasteiger partial charge is 0.341 e. The summed E-state index contributed by atoms with van der Waals surface area (Å²) < 4.78 is 0. The zero-order valence-electron chi connectivity index (χ0n) is 8.92. The van der Waals surface area contributed by atoms with Crippen LogP contribution >= 0.6 is 0 Å². The highest BCUT2D eigenvalue weighted by Crippen LogP contribution is 2.10. The molecule has 0 aliphatic rings. The number of amides is 4. The molecule has 0 heterocycles. The normalized spacial score (nSPS) is 9.18. The zero-order chi connectivity index (χ0) is 12.7. The number of urea groups is 2. The number of nitrogens with zero attached hydrogens (tertiary/aromatic N) is 1. The van der Waals surface area contributed by atoms with Crippen molar-refractivity contribution in [1.29, 1.82) is 0 Å². The molecular weight excluding hydrogens is 224 g/mol. The predicted octanol–water partition coefficient (Wildman–Crippen LogP) is -0.0152. The van der Waals surface area contributed by atoms with Crippen LogP contribution in [0.4, 0.5) is 15.3 Å². The molecule has 1 aromatic rings. The maximum absolute atomic E-state index is 11.6. The van der Waals surface area contributed by atoms with Gasteiger partial charge in [0.1, 0.15) is 6.29 Å². The Hall–Kier alpha value is -2.57. The highest BCUT2D eigenvalue weighted by Gasteiger charge is 2.16. The van der Waals surface area contributed by atoms with Crippen molar-refractivity contribution in [2.45, 2.75) is 0 Å². The second-order valence-electron chi connectivity index (χ2n) is 3.00. The molecule has 0 bridgehead atoms. The monoisotopic (exact) mass is 236 g/mol. The average Bonchev–Trinajstić information content (AvgIpc) is 2.34. The van der Waals surface area contributed by atoms with E-state index in [1.807, 2.05) is 0 Å². The number of anilines is 1. The van der Waals surface area contributed by atoms with E-state index < -0.39 is 12.1 Å². The summed E-state index contributed by atoms with van der Waals surface area (Å²) in [7, 11) is 0. The van der Waals surface area contributed by atoms with Crippen molar-refractivity contribution >= 4 is 24.0 Å². The largest absolute Gasteiger partial charge is 0.350 e. The van der Waals surface area contributed by atoms with Crippen molar-refractivity contribution in [1.82, 2.24) is 10.7 Å². The molecule has 0 fully saturated rings. The van der Waals surface area contributed by atoms with Gasteiger partial charge in [-0.1, -0.05) is 18.2 Å². The summed E-state index contributed by atoms with van der Waals surface area (Å²) >= 11 is 0. The molecule has 4 N–H and O–H groups in total. The first-order chi connectivity index (χ1) is 8.15. The average molecular weight is 236 g/mol. The first-order valence-corrected chi connectivity index (χ1v) is 4.78. The number of hydrazine groups is 1. The van der Waals surface area contributed by atoms with Crippen molar-refractivity contribution in [2.75, 3.05) is 11.6 Å². The van der Waals surface area contributed by atoms with Gasteiger partial charge < -0.3 is 15.8 Å². The number of hydrogen-bond acceptors (Lipinski definition) is 3. The quantitative estimate of drug-likeness (QED) is 0.507. The summed E-state index contributed by atoms with van der Waals surface area (Å²) in [6, 6.07) is 6.83. The molecule has 17 heavy (non-hydrogen) atoms. The Morgan fingerprint density at radius 2 is 1.94 bits per heavy atom. The summed E-state index contributed by atoms with van der Waals surface area (Å²) in [5.74, 6) is 0. The number of rotatable bonds is 3. The van der Waals surface area contributed by atoms with Gasteiger partial charge in [-0.2, -0.15) is 0 Å². The van der Waals surface area contributed by atoms with Crippen molar-refractivity contribution in [3.05, 3.63) is 30.3 Å². The molecule has 0 atom stereocenters. The van der Waals surface area contributed by atoms with Crippen molar-refractivity contribution in [3.8, 4) is 0 Å². The summed E-state index contributed by atoms with van der Waals surface area (Å²) in [6.07, 6.45) is 0.533. The van der Waals surface area contributed by atoms with Gasteiger partial charge in [0.15, 0.2) is 0 Å². The minimum absolute atomic E-state index is 0.150. The molecule has 0 saturated carbocycles. The molecule has 0 aliphatic carbocycles. The van der Waals surface area contributed by atoms with E-state index in [4.69, 9.17) is 5.73 Å². The summed E-state index contributed by atoms with van der Waals surface area (Å²) in [4.78, 5) is 32.6. The lowest BCUT2D eigenvalue weighted by atomic mass is 10.3. The second-order valence-corrected chi connectivity index (χ2v) is 3.00. The van der Waals surface area contributed by atoms with E-state index in [2.05, 4.69) is 10.7 Å². The van der Waals surface area contributed by atoms with Crippen molar-refractivity contribution < 1.29 is 14.4 Å². The van der Waals surface area contributed by atoms with Gasteiger partial charge >= 0.3 is 12.1 Å². The van der Waals surface area contributed by atoms with Crippen LogP contribution in [0, 0.1) is 0 Å². The summed E-state index contributed by atoms with van der Waals surface area (Å²) in [5.41, 5.74) is 7.53. The molecule has 90 valence electrons. The van der Waals surface area contributed by atoms with Crippen LogP contribution in [0.25, 0.3) is 0 Å². The number of nitrogens with two attached hydrogens (primary N) is 1. The van der Waals surface area contributed by atoms with Gasteiger partial charge in [-0.15, -0.1) is 0 Å². The number of carbonyl (C=O) groups excluding carboxylic acids is 3. The molecule has 0 aliphatic heterocycles. The topological polar surface area (TPSA) is 105 Å². The first-order valence-electron chi connectivity index (χ1n) is 4.78. The van der Waals surface area contributed by atoms with Gasteiger partial charge in [-0.05, 0) is 12.1 Å². The second kappa shape index (κ2) is 6.11. The number of nitrogens with one attached hydrogen (secondary N) is 2. The van der Waals surface area contributed by atoms with Gasteiger partial charge in [0, 0.05) is 0 Å². The van der Waals surface area contributed by atoms with Crippen LogP contribution in [0.1, 0.15) is 0 Å². The summed E-state index contributed by atoms with van der Waals surface area (Å²) in [5, 5.41) is 3.21. The predicted molar refractivity (Wildman–Crippen MR) is 61.1 cm³/mol. The maximum Gasteiger partial charge on any atom is 0.341 e. The van der Waals surface area contributed by atoms with Gasteiger partial charge in [0.05, 0.1) is 12.2 Å². The minimum Gasteiger partial charge on any atom is -0.350 e. The minimum atomic E-state index is -0.880. The van der Waals surface area contributed by atoms with E-state index >= 15 is 0 Å². The van der Waals surface area contributed by atoms with Crippen molar-refractivity contribution in [3.63, 3.8) is 0 Å². The lowest BCUT2D eigenvalue weighted by molar-refractivity contribution is -0.107. The number of hydrogen-bond donors (Lipinski definition) is 3. The van der Waals surface area contributed by atoms with E-state index in [1.54, 1.807) is 30.3 Å². The van der Waals surface area contributed by atoms with E-state index in [1.165, 1.54) is 0 Å². The Balaban J connectivity index is 2.84. The number of primary amides is 1. The van der Waals surface area contributed by atoms with Gasteiger partial charge in [0.25, 0.3) is 0 Å². The fourth-order valence-corrected chi connectivity index (χ4v) is 1.13. The third-order valence-corrected chi connectivity index (χ3v) is 1.78. The number of carbonyl (C=O) groups is 3. The van der Waals surface area contributed by atoms with Crippen LogP contribution in [0.2, 0.25) is 0 Å². The molecule has 4 amide bonds. The van der Waals surface area contributed by atoms with Gasteiger partial charge in [-0.3, -0.25) is 0 Å². The Bertz CT molecular complexity index is 407. The lowest BCUT2D eigenvalue weighted by Gasteiger charge is -2.21. The highest BCUT2D eigenvalue weighted by molar-refractivity contribution is 5.95. The molecular formula is C10H12N4O3. The van der Waals surface area contributed by atoms with E-state index in [9.17, 15) is 14.4 Å². The molecule has 7 heteroatoms. The van der Waals surface area contributed by atoms with Crippen LogP contribution in [0.5, 0.6) is 0 Å². The highest BCUT2D eigenvalue weighted by atomic mass is 16.2. The lowest BCUT2D eigenvalue weighted by Crippen LogP contribution is -2.53. The van der Waals surface area contributed by atoms with Crippen LogP contribution < -0.4 is 21.5 Å². The van der Waals surface area contributed by atoms with Crippen LogP contribution in [-0.4, -0.2) is 24.9 Å². The Labute approximate surface area is 97.5 Å². The van der Waals surface area contributed by atoms with Crippen LogP contribution in [0.15, 0.2) is 30.3 Å². The summed E-state index contributed by atoms with van der Waals surface area (Å²) in [6.45, 7) is -0.150. The zero-order valence-corrected chi connectivity index (χ0v) is 8.92. The molecule has 0 saturated heterocycles. The van der Waals surface area contributed by atoms with Crippen LogP contribution in [-0.2, 0) is 4.79 Å². The molecule has 7 nitrogen and oxygen atoms in total. The molecule has 0 aromatic heterocycles. The standard InChI is InChI=1S/C10H12N4O3/c11-9(16)13-14(10(17)12-6-7-15)8-4-2-1-3-5-8/h1-5,7H,6H2,(H,12,17)(H3,11,13,16). The van der Waals surface area contributed by atoms with E-state index in [-0.39, 0.29) is 6.54 Å². The Morgan fingerprint density at radius 1 is 1.29 bits per heavy atom. The van der Waals surface area contributed by atoms with Gasteiger partial charge in [-0.25, -0.2) is 20.0 Å². The third-order valence-electron chi connectivity index (χ3n) is 1.78. The van der Waals surface area contributed by atoms with E-state index in [0.717, 1.165) is 5.01 Å².